The van der Waals surface area contributed by atoms with Crippen LogP contribution in [0, 0.1) is 6.92 Å². The number of hydrogen-bond acceptors (Lipinski definition) is 6. The van der Waals surface area contributed by atoms with Crippen LogP contribution in [-0.2, 0) is 0 Å². The van der Waals surface area contributed by atoms with Crippen molar-refractivity contribution in [1.82, 2.24) is 25.3 Å². The van der Waals surface area contributed by atoms with Gasteiger partial charge < -0.3 is 15.2 Å². The molecule has 25 heavy (non-hydrogen) atoms. The van der Waals surface area contributed by atoms with Gasteiger partial charge in [-0.3, -0.25) is 4.79 Å². The number of aromatic amines is 1. The summed E-state index contributed by atoms with van der Waals surface area (Å²) in [6.07, 6.45) is 4.51. The third-order valence-corrected chi connectivity index (χ3v) is 4.95. The molecule has 0 aliphatic carbocycles. The van der Waals surface area contributed by atoms with Crippen LogP contribution in [0.2, 0.25) is 0 Å². The van der Waals surface area contributed by atoms with Gasteiger partial charge in [0.1, 0.15) is 5.69 Å². The topological polar surface area (TPSA) is 86.8 Å². The van der Waals surface area contributed by atoms with E-state index in [1.165, 1.54) is 11.3 Å². The fourth-order valence-corrected chi connectivity index (χ4v) is 3.52. The second-order valence-electron chi connectivity index (χ2n) is 5.98. The number of H-pyrrole nitrogens is 1. The largest absolute Gasteiger partial charge is 0.360 e. The smallest absolute Gasteiger partial charge is 0.271 e. The molecule has 4 heterocycles. The maximum atomic E-state index is 12.2. The Labute approximate surface area is 149 Å². The van der Waals surface area contributed by atoms with Crippen LogP contribution in [0.5, 0.6) is 0 Å². The molecule has 8 heteroatoms. The second-order valence-corrected chi connectivity index (χ2v) is 7.04. The molecule has 0 aromatic carbocycles. The summed E-state index contributed by atoms with van der Waals surface area (Å²) in [4.78, 5) is 30.8. The molecule has 4 rings (SSSR count). The Morgan fingerprint density at radius 3 is 3.08 bits per heavy atom. The number of thiazole rings is 1. The predicted octanol–water partition coefficient (Wildman–Crippen LogP) is 2.25. The fraction of sp³-hybridized carbons (Fsp3) is 0.294. The number of nitrogens with one attached hydrogen (secondary N) is 2. The number of amides is 1. The second kappa shape index (κ2) is 6.64. The quantitative estimate of drug-likeness (QED) is 0.750. The van der Waals surface area contributed by atoms with Gasteiger partial charge in [-0.1, -0.05) is 0 Å². The lowest BCUT2D eigenvalue weighted by molar-refractivity contribution is 0.0936. The minimum Gasteiger partial charge on any atom is -0.360 e. The number of carbonyl (C=O) groups is 1. The van der Waals surface area contributed by atoms with Crippen LogP contribution in [0.15, 0.2) is 36.0 Å². The van der Waals surface area contributed by atoms with Crippen molar-refractivity contribution in [2.24, 2.45) is 0 Å². The average molecular weight is 354 g/mol. The number of carbonyl (C=O) groups excluding carboxylic acids is 1. The van der Waals surface area contributed by atoms with Crippen molar-refractivity contribution >= 4 is 23.2 Å². The summed E-state index contributed by atoms with van der Waals surface area (Å²) in [5, 5.41) is 5.74. The van der Waals surface area contributed by atoms with Crippen LogP contribution in [-0.4, -0.2) is 45.0 Å². The van der Waals surface area contributed by atoms with Crippen molar-refractivity contribution in [3.63, 3.8) is 0 Å². The molecule has 1 fully saturated rings. The van der Waals surface area contributed by atoms with Gasteiger partial charge in [0.15, 0.2) is 0 Å². The maximum Gasteiger partial charge on any atom is 0.271 e. The van der Waals surface area contributed by atoms with E-state index in [-0.39, 0.29) is 11.9 Å². The van der Waals surface area contributed by atoms with E-state index in [1.807, 2.05) is 31.3 Å². The number of hydrogen-bond donors (Lipinski definition) is 2. The van der Waals surface area contributed by atoms with Crippen molar-refractivity contribution in [1.29, 1.82) is 0 Å². The number of rotatable bonds is 4. The van der Waals surface area contributed by atoms with Crippen molar-refractivity contribution in [3.8, 4) is 11.4 Å². The zero-order chi connectivity index (χ0) is 17.2. The lowest BCUT2D eigenvalue weighted by Crippen LogP contribution is -2.37. The van der Waals surface area contributed by atoms with Crippen LogP contribution in [0.1, 0.15) is 21.9 Å². The lowest BCUT2D eigenvalue weighted by Gasteiger charge is -2.17. The van der Waals surface area contributed by atoms with Crippen molar-refractivity contribution < 1.29 is 4.79 Å². The van der Waals surface area contributed by atoms with Crippen LogP contribution >= 0.6 is 11.3 Å². The van der Waals surface area contributed by atoms with E-state index >= 15 is 0 Å². The Balaban J connectivity index is 1.42. The SMILES string of the molecule is Cc1nc(C(=O)NC2CCN(c3nccc(-c4ccc[nH]4)n3)C2)cs1. The highest BCUT2D eigenvalue weighted by molar-refractivity contribution is 7.09. The molecule has 128 valence electrons. The van der Waals surface area contributed by atoms with Crippen LogP contribution < -0.4 is 10.2 Å². The highest BCUT2D eigenvalue weighted by Crippen LogP contribution is 2.20. The van der Waals surface area contributed by atoms with E-state index in [2.05, 4.69) is 30.2 Å². The van der Waals surface area contributed by atoms with Crippen molar-refractivity contribution in [2.45, 2.75) is 19.4 Å². The molecule has 0 radical (unpaired) electrons. The third-order valence-electron chi connectivity index (χ3n) is 4.17. The first-order chi connectivity index (χ1) is 12.2. The first-order valence-corrected chi connectivity index (χ1v) is 9.02. The van der Waals surface area contributed by atoms with Gasteiger partial charge in [0, 0.05) is 36.9 Å². The van der Waals surface area contributed by atoms with Crippen molar-refractivity contribution in [3.05, 3.63) is 46.7 Å². The number of aromatic nitrogens is 4. The molecular weight excluding hydrogens is 336 g/mol. The molecule has 3 aromatic heterocycles. The predicted molar refractivity (Wildman–Crippen MR) is 96.8 cm³/mol. The molecule has 0 bridgehead atoms. The Morgan fingerprint density at radius 2 is 2.32 bits per heavy atom. The van der Waals surface area contributed by atoms with Gasteiger partial charge in [-0.15, -0.1) is 11.3 Å². The maximum absolute atomic E-state index is 12.2. The van der Waals surface area contributed by atoms with Gasteiger partial charge in [-0.25, -0.2) is 15.0 Å². The molecule has 0 spiro atoms. The van der Waals surface area contributed by atoms with E-state index in [4.69, 9.17) is 0 Å². The molecule has 1 atom stereocenters. The number of nitrogens with zero attached hydrogens (tertiary/aromatic N) is 4. The molecule has 1 aliphatic rings. The van der Waals surface area contributed by atoms with Gasteiger partial charge in [-0.2, -0.15) is 0 Å². The molecule has 7 nitrogen and oxygen atoms in total. The molecule has 1 aliphatic heterocycles. The molecule has 1 amide bonds. The van der Waals surface area contributed by atoms with Gasteiger partial charge in [0.25, 0.3) is 5.91 Å². The van der Waals surface area contributed by atoms with Crippen LogP contribution in [0.4, 0.5) is 5.95 Å². The summed E-state index contributed by atoms with van der Waals surface area (Å²) in [5.41, 5.74) is 2.32. The first kappa shape index (κ1) is 15.8. The Hall–Kier alpha value is -2.74. The van der Waals surface area contributed by atoms with Gasteiger partial charge in [-0.05, 0) is 31.5 Å². The third kappa shape index (κ3) is 3.39. The summed E-state index contributed by atoms with van der Waals surface area (Å²) in [5.74, 6) is 0.575. The lowest BCUT2D eigenvalue weighted by atomic mass is 10.2. The monoisotopic (exact) mass is 354 g/mol. The Kier molecular flexibility index (Phi) is 4.19. The summed E-state index contributed by atoms with van der Waals surface area (Å²) in [6.45, 7) is 3.41. The first-order valence-electron chi connectivity index (χ1n) is 8.14. The van der Waals surface area contributed by atoms with Crippen LogP contribution in [0.3, 0.4) is 0 Å². The summed E-state index contributed by atoms with van der Waals surface area (Å²) in [6, 6.07) is 5.88. The summed E-state index contributed by atoms with van der Waals surface area (Å²) >= 11 is 1.48. The highest BCUT2D eigenvalue weighted by Gasteiger charge is 2.26. The van der Waals surface area contributed by atoms with Crippen molar-refractivity contribution in [2.75, 3.05) is 18.0 Å². The molecular formula is C17H18N6OS. The molecule has 2 N–H and O–H groups in total. The van der Waals surface area contributed by atoms with Gasteiger partial charge in [0.05, 0.1) is 16.4 Å². The molecule has 0 saturated carbocycles. The fourth-order valence-electron chi connectivity index (χ4n) is 2.93. The summed E-state index contributed by atoms with van der Waals surface area (Å²) < 4.78 is 0. The molecule has 3 aromatic rings. The standard InChI is InChI=1S/C17H18N6OS/c1-11-20-15(10-25-11)16(24)21-12-5-8-23(9-12)17-19-7-4-14(22-17)13-3-2-6-18-13/h2-4,6-7,10,12,18H,5,8-9H2,1H3,(H,21,24). The van der Waals surface area contributed by atoms with Gasteiger partial charge in [0.2, 0.25) is 5.95 Å². The normalized spacial score (nSPS) is 17.0. The van der Waals surface area contributed by atoms with Crippen LogP contribution in [0.25, 0.3) is 11.4 Å². The minimum atomic E-state index is -0.114. The number of aryl methyl sites for hydroxylation is 1. The Morgan fingerprint density at radius 1 is 1.40 bits per heavy atom. The highest BCUT2D eigenvalue weighted by atomic mass is 32.1. The van der Waals surface area contributed by atoms with E-state index in [9.17, 15) is 4.79 Å². The van der Waals surface area contributed by atoms with E-state index in [1.54, 1.807) is 11.6 Å². The number of anilines is 1. The zero-order valence-corrected chi connectivity index (χ0v) is 14.6. The van der Waals surface area contributed by atoms with E-state index < -0.39 is 0 Å². The average Bonchev–Trinajstić information content (AvgIpc) is 3.36. The molecule has 1 saturated heterocycles. The van der Waals surface area contributed by atoms with Gasteiger partial charge >= 0.3 is 0 Å². The minimum absolute atomic E-state index is 0.0762. The summed E-state index contributed by atoms with van der Waals surface area (Å²) in [7, 11) is 0. The molecule has 1 unspecified atom stereocenters. The Bertz CT molecular complexity index is 875. The zero-order valence-electron chi connectivity index (χ0n) is 13.8. The van der Waals surface area contributed by atoms with E-state index in [0.717, 1.165) is 29.4 Å². The van der Waals surface area contributed by atoms with E-state index in [0.29, 0.717) is 18.2 Å².